The zero-order valence-electron chi connectivity index (χ0n) is 8.43. The smallest absolute Gasteiger partial charge is 0.143 e. The Morgan fingerprint density at radius 2 is 2.33 bits per heavy atom. The molecule has 0 atom stereocenters. The van der Waals surface area contributed by atoms with Gasteiger partial charge in [0.15, 0.2) is 0 Å². The van der Waals surface area contributed by atoms with Gasteiger partial charge in [-0.2, -0.15) is 0 Å². The van der Waals surface area contributed by atoms with E-state index in [-0.39, 0.29) is 0 Å². The highest BCUT2D eigenvalue weighted by molar-refractivity contribution is 9.10. The van der Waals surface area contributed by atoms with Crippen LogP contribution >= 0.6 is 27.5 Å². The van der Waals surface area contributed by atoms with E-state index in [4.69, 9.17) is 17.4 Å². The van der Waals surface area contributed by atoms with Crippen molar-refractivity contribution in [3.05, 3.63) is 33.3 Å². The number of hydrazine groups is 1. The van der Waals surface area contributed by atoms with Crippen LogP contribution in [0, 0.1) is 0 Å². The SMILES string of the molecule is CCCN=C(NN)c1ccc(Cl)cc1Br. The number of aliphatic imine (C=N–C) groups is 1. The molecule has 0 saturated heterocycles. The first-order chi connectivity index (χ1) is 7.19. The maximum atomic E-state index is 5.85. The number of rotatable bonds is 3. The van der Waals surface area contributed by atoms with E-state index in [0.717, 1.165) is 23.0 Å². The molecule has 0 aliphatic carbocycles. The third-order valence-electron chi connectivity index (χ3n) is 1.82. The predicted octanol–water partition coefficient (Wildman–Crippen LogP) is 2.72. The lowest BCUT2D eigenvalue weighted by atomic mass is 10.2. The lowest BCUT2D eigenvalue weighted by molar-refractivity contribution is 0.907. The number of hydrogen-bond acceptors (Lipinski definition) is 2. The fraction of sp³-hybridized carbons (Fsp3) is 0.300. The van der Waals surface area contributed by atoms with Gasteiger partial charge in [0.25, 0.3) is 0 Å². The van der Waals surface area contributed by atoms with Crippen LogP contribution in [-0.2, 0) is 0 Å². The van der Waals surface area contributed by atoms with Crippen LogP contribution in [0.2, 0.25) is 5.02 Å². The molecule has 0 aliphatic rings. The van der Waals surface area contributed by atoms with Crippen LogP contribution in [0.5, 0.6) is 0 Å². The van der Waals surface area contributed by atoms with Crippen molar-refractivity contribution in [1.29, 1.82) is 0 Å². The van der Waals surface area contributed by atoms with Gasteiger partial charge in [-0.15, -0.1) is 0 Å². The summed E-state index contributed by atoms with van der Waals surface area (Å²) in [5, 5.41) is 0.678. The molecule has 0 saturated carbocycles. The van der Waals surface area contributed by atoms with Crippen molar-refractivity contribution in [2.75, 3.05) is 6.54 Å². The van der Waals surface area contributed by atoms with Gasteiger partial charge in [-0.05, 0) is 40.5 Å². The third-order valence-corrected chi connectivity index (χ3v) is 2.71. The standard InChI is InChI=1S/C10H13BrClN3/c1-2-5-14-10(15-13)8-4-3-7(12)6-9(8)11/h3-4,6H,2,5,13H2,1H3,(H,14,15). The predicted molar refractivity (Wildman–Crippen MR) is 68.2 cm³/mol. The van der Waals surface area contributed by atoms with Crippen LogP contribution in [0.1, 0.15) is 18.9 Å². The molecule has 3 N–H and O–H groups in total. The average Bonchev–Trinajstić information content (AvgIpc) is 2.21. The van der Waals surface area contributed by atoms with Crippen LogP contribution in [-0.4, -0.2) is 12.4 Å². The second-order valence-corrected chi connectivity index (χ2v) is 4.29. The average molecular weight is 291 g/mol. The van der Waals surface area contributed by atoms with Crippen molar-refractivity contribution in [1.82, 2.24) is 5.43 Å². The minimum atomic E-state index is 0.667. The summed E-state index contributed by atoms with van der Waals surface area (Å²) in [7, 11) is 0. The van der Waals surface area contributed by atoms with Gasteiger partial charge in [-0.1, -0.05) is 18.5 Å². The monoisotopic (exact) mass is 289 g/mol. The van der Waals surface area contributed by atoms with Crippen molar-refractivity contribution >= 4 is 33.4 Å². The van der Waals surface area contributed by atoms with Crippen LogP contribution in [0.25, 0.3) is 0 Å². The minimum Gasteiger partial charge on any atom is -0.308 e. The Morgan fingerprint density at radius 1 is 1.60 bits per heavy atom. The second-order valence-electron chi connectivity index (χ2n) is 3.00. The molecule has 0 bridgehead atoms. The first-order valence-corrected chi connectivity index (χ1v) is 5.82. The Bertz CT molecular complexity index is 366. The van der Waals surface area contributed by atoms with Crippen molar-refractivity contribution in [2.24, 2.45) is 10.8 Å². The van der Waals surface area contributed by atoms with Gasteiger partial charge in [0.2, 0.25) is 0 Å². The number of halogens is 2. The lowest BCUT2D eigenvalue weighted by Gasteiger charge is -2.08. The first kappa shape index (κ1) is 12.5. The van der Waals surface area contributed by atoms with Crippen molar-refractivity contribution in [2.45, 2.75) is 13.3 Å². The van der Waals surface area contributed by atoms with Crippen LogP contribution in [0.3, 0.4) is 0 Å². The maximum Gasteiger partial charge on any atom is 0.143 e. The highest BCUT2D eigenvalue weighted by Gasteiger charge is 2.06. The molecule has 1 aromatic carbocycles. The Morgan fingerprint density at radius 3 is 2.87 bits per heavy atom. The number of amidine groups is 1. The Kier molecular flexibility index (Phi) is 5.08. The quantitative estimate of drug-likeness (QED) is 0.389. The molecule has 0 radical (unpaired) electrons. The summed E-state index contributed by atoms with van der Waals surface area (Å²) >= 11 is 9.27. The third kappa shape index (κ3) is 3.48. The number of hydrogen-bond donors (Lipinski definition) is 2. The molecule has 0 heterocycles. The second kappa shape index (κ2) is 6.10. The van der Waals surface area contributed by atoms with E-state index in [1.54, 1.807) is 6.07 Å². The van der Waals surface area contributed by atoms with Gasteiger partial charge >= 0.3 is 0 Å². The van der Waals surface area contributed by atoms with Crippen molar-refractivity contribution < 1.29 is 0 Å². The molecular weight excluding hydrogens is 277 g/mol. The Labute approximate surface area is 103 Å². The summed E-state index contributed by atoms with van der Waals surface area (Å²) in [6.07, 6.45) is 0.983. The molecule has 0 aliphatic heterocycles. The largest absolute Gasteiger partial charge is 0.308 e. The van der Waals surface area contributed by atoms with Gasteiger partial charge in [-0.3, -0.25) is 4.99 Å². The fourth-order valence-corrected chi connectivity index (χ4v) is 1.98. The molecule has 1 aromatic rings. The molecule has 0 spiro atoms. The summed E-state index contributed by atoms with van der Waals surface area (Å²) in [6, 6.07) is 5.50. The molecule has 1 rings (SSSR count). The van der Waals surface area contributed by atoms with Crippen molar-refractivity contribution in [3.8, 4) is 0 Å². The van der Waals surface area contributed by atoms with E-state index in [1.807, 2.05) is 12.1 Å². The topological polar surface area (TPSA) is 50.4 Å². The van der Waals surface area contributed by atoms with Gasteiger partial charge in [0.05, 0.1) is 0 Å². The molecule has 15 heavy (non-hydrogen) atoms. The molecule has 0 unspecified atom stereocenters. The van der Waals surface area contributed by atoms with E-state index in [1.165, 1.54) is 0 Å². The molecule has 82 valence electrons. The number of nitrogens with two attached hydrogens (primary N) is 1. The van der Waals surface area contributed by atoms with Gasteiger partial charge < -0.3 is 5.43 Å². The van der Waals surface area contributed by atoms with E-state index >= 15 is 0 Å². The van der Waals surface area contributed by atoms with E-state index in [0.29, 0.717) is 10.9 Å². The van der Waals surface area contributed by atoms with Gasteiger partial charge in [-0.25, -0.2) is 5.84 Å². The molecule has 0 amide bonds. The summed E-state index contributed by atoms with van der Waals surface area (Å²) < 4.78 is 0.878. The normalized spacial score (nSPS) is 11.6. The maximum absolute atomic E-state index is 5.85. The van der Waals surface area contributed by atoms with Gasteiger partial charge in [0, 0.05) is 21.6 Å². The fourth-order valence-electron chi connectivity index (χ4n) is 1.11. The molecule has 0 fully saturated rings. The minimum absolute atomic E-state index is 0.667. The summed E-state index contributed by atoms with van der Waals surface area (Å²) in [5.74, 6) is 6.08. The van der Waals surface area contributed by atoms with E-state index in [9.17, 15) is 0 Å². The Hall–Kier alpha value is -0.580. The number of benzene rings is 1. The summed E-state index contributed by atoms with van der Waals surface area (Å²) in [4.78, 5) is 4.33. The summed E-state index contributed by atoms with van der Waals surface area (Å²) in [6.45, 7) is 2.81. The van der Waals surface area contributed by atoms with Crippen LogP contribution in [0.4, 0.5) is 0 Å². The zero-order valence-corrected chi connectivity index (χ0v) is 10.8. The molecule has 0 aromatic heterocycles. The van der Waals surface area contributed by atoms with Crippen LogP contribution in [0.15, 0.2) is 27.7 Å². The highest BCUT2D eigenvalue weighted by atomic mass is 79.9. The number of nitrogens with one attached hydrogen (secondary N) is 1. The first-order valence-electron chi connectivity index (χ1n) is 4.65. The van der Waals surface area contributed by atoms with Crippen LogP contribution < -0.4 is 11.3 Å². The van der Waals surface area contributed by atoms with E-state index < -0.39 is 0 Å². The lowest BCUT2D eigenvalue weighted by Crippen LogP contribution is -2.31. The molecular formula is C10H13BrClN3. The van der Waals surface area contributed by atoms with Gasteiger partial charge in [0.1, 0.15) is 5.84 Å². The number of nitrogens with zero attached hydrogens (tertiary/aromatic N) is 1. The molecule has 5 heteroatoms. The molecule has 3 nitrogen and oxygen atoms in total. The zero-order chi connectivity index (χ0) is 11.3. The van der Waals surface area contributed by atoms with Crippen molar-refractivity contribution in [3.63, 3.8) is 0 Å². The Balaban J connectivity index is 3.02. The summed E-state index contributed by atoms with van der Waals surface area (Å²) in [5.41, 5.74) is 3.50. The highest BCUT2D eigenvalue weighted by Crippen LogP contribution is 2.21. The van der Waals surface area contributed by atoms with E-state index in [2.05, 4.69) is 33.3 Å².